The van der Waals surface area contributed by atoms with Gasteiger partial charge in [-0.25, -0.2) is 9.78 Å². The van der Waals surface area contributed by atoms with Gasteiger partial charge in [-0.3, -0.25) is 9.97 Å². The Morgan fingerprint density at radius 1 is 0.643 bits per heavy atom. The van der Waals surface area contributed by atoms with Gasteiger partial charge in [-0.05, 0) is 35.7 Å². The first-order valence-corrected chi connectivity index (χ1v) is 12.0. The molecule has 0 aliphatic rings. The number of aromatic nitrogens is 5. The number of methoxy groups -OCH3 is 4. The average Bonchev–Trinajstić information content (AvgIpc) is 3.05. The van der Waals surface area contributed by atoms with Gasteiger partial charge < -0.3 is 34.0 Å². The van der Waals surface area contributed by atoms with Gasteiger partial charge >= 0.3 is 5.97 Å². The van der Waals surface area contributed by atoms with Crippen LogP contribution in [0.2, 0.25) is 0 Å². The van der Waals surface area contributed by atoms with Crippen LogP contribution in [0.5, 0.6) is 23.5 Å². The van der Waals surface area contributed by atoms with Crippen LogP contribution in [0.1, 0.15) is 10.5 Å². The molecule has 0 aromatic carbocycles. The Balaban J connectivity index is 0.000000227. The summed E-state index contributed by atoms with van der Waals surface area (Å²) in [6, 6.07) is 25.4. The minimum absolute atomic E-state index is 0. The number of pyridine rings is 5. The molecule has 0 aliphatic carbocycles. The van der Waals surface area contributed by atoms with Crippen molar-refractivity contribution < 1.29 is 49.0 Å². The minimum atomic E-state index is -0.990. The molecule has 0 bridgehead atoms. The van der Waals surface area contributed by atoms with Crippen molar-refractivity contribution in [1.82, 2.24) is 24.9 Å². The second kappa shape index (κ2) is 17.7. The molecule has 5 heterocycles. The topological polar surface area (TPSA) is 139 Å². The van der Waals surface area contributed by atoms with Crippen LogP contribution in [0.15, 0.2) is 85.3 Å². The van der Waals surface area contributed by atoms with E-state index in [0.29, 0.717) is 23.5 Å². The molecule has 0 saturated heterocycles. The van der Waals surface area contributed by atoms with E-state index >= 15 is 0 Å². The van der Waals surface area contributed by atoms with Crippen molar-refractivity contribution in [1.29, 1.82) is 0 Å². The van der Waals surface area contributed by atoms with Crippen molar-refractivity contribution in [3.63, 3.8) is 0 Å². The summed E-state index contributed by atoms with van der Waals surface area (Å²) in [4.78, 5) is 30.5. The van der Waals surface area contributed by atoms with Crippen LogP contribution in [0.25, 0.3) is 22.5 Å². The number of hydrogen-bond donors (Lipinski definition) is 1. The molecule has 11 nitrogen and oxygen atoms in total. The molecular formula is C30H27IrN5O6-2. The zero-order valence-electron chi connectivity index (χ0n) is 23.1. The fourth-order valence-electron chi connectivity index (χ4n) is 3.15. The summed E-state index contributed by atoms with van der Waals surface area (Å²) in [7, 11) is 6.22. The van der Waals surface area contributed by atoms with E-state index in [-0.39, 0.29) is 25.8 Å². The van der Waals surface area contributed by atoms with Crippen LogP contribution >= 0.6 is 0 Å². The van der Waals surface area contributed by atoms with E-state index in [1.807, 2.05) is 36.4 Å². The Labute approximate surface area is 256 Å². The Hall–Kier alpha value is -4.93. The van der Waals surface area contributed by atoms with E-state index < -0.39 is 5.97 Å². The van der Waals surface area contributed by atoms with E-state index in [1.165, 1.54) is 12.3 Å². The van der Waals surface area contributed by atoms with Gasteiger partial charge in [0.25, 0.3) is 0 Å². The molecule has 1 N–H and O–H groups in total. The van der Waals surface area contributed by atoms with Crippen LogP contribution in [0, 0.1) is 12.1 Å². The number of aromatic carboxylic acids is 1. The fraction of sp³-hybridized carbons (Fsp3) is 0.133. The van der Waals surface area contributed by atoms with E-state index in [9.17, 15) is 4.79 Å². The van der Waals surface area contributed by atoms with Crippen molar-refractivity contribution in [3.05, 3.63) is 103 Å². The normalized spacial score (nSPS) is 9.43. The number of carboxylic acid groups (broad SMARTS) is 1. The molecule has 5 aromatic rings. The Bertz CT molecular complexity index is 1420. The quantitative estimate of drug-likeness (QED) is 0.232. The second-order valence-electron chi connectivity index (χ2n) is 7.60. The number of carbonyl (C=O) groups is 1. The van der Waals surface area contributed by atoms with Crippen molar-refractivity contribution in [2.24, 2.45) is 0 Å². The summed E-state index contributed by atoms with van der Waals surface area (Å²) in [6.45, 7) is 0. The van der Waals surface area contributed by atoms with Crippen LogP contribution in [-0.4, -0.2) is 64.4 Å². The van der Waals surface area contributed by atoms with E-state index in [2.05, 4.69) is 37.1 Å². The molecule has 0 atom stereocenters. The molecule has 0 fully saturated rings. The Morgan fingerprint density at radius 3 is 1.36 bits per heavy atom. The third-order valence-electron chi connectivity index (χ3n) is 5.06. The number of hydrogen-bond acceptors (Lipinski definition) is 10. The monoisotopic (exact) mass is 746 g/mol. The van der Waals surface area contributed by atoms with Gasteiger partial charge in [-0.15, -0.1) is 12.1 Å². The molecular weight excluding hydrogens is 719 g/mol. The SMILES string of the molecule is COc1c[c-]c(-c2ccccn2)c(OC)n1.COc1c[c-]c(-c2ccccn2)c(OC)n1.O=C(O)c1ccccn1.[Ir]. The summed E-state index contributed by atoms with van der Waals surface area (Å²) >= 11 is 0. The van der Waals surface area contributed by atoms with Crippen LogP contribution < -0.4 is 18.9 Å². The third kappa shape index (κ3) is 9.61. The van der Waals surface area contributed by atoms with Gasteiger partial charge in [0.1, 0.15) is 29.2 Å². The maximum atomic E-state index is 10.1. The Morgan fingerprint density at radius 2 is 1.07 bits per heavy atom. The molecule has 219 valence electrons. The molecule has 12 heteroatoms. The molecule has 0 saturated carbocycles. The summed E-state index contributed by atoms with van der Waals surface area (Å²) in [5, 5.41) is 8.32. The van der Waals surface area contributed by atoms with Gasteiger partial charge in [0, 0.05) is 38.7 Å². The first-order chi connectivity index (χ1) is 20.0. The van der Waals surface area contributed by atoms with Crippen molar-refractivity contribution in [3.8, 4) is 46.0 Å². The summed E-state index contributed by atoms with van der Waals surface area (Å²) < 4.78 is 20.4. The van der Waals surface area contributed by atoms with Crippen molar-refractivity contribution in [2.75, 3.05) is 28.4 Å². The fourth-order valence-corrected chi connectivity index (χ4v) is 3.15. The van der Waals surface area contributed by atoms with Crippen molar-refractivity contribution in [2.45, 2.75) is 0 Å². The summed E-state index contributed by atoms with van der Waals surface area (Å²) in [5.74, 6) is 0.861. The first kappa shape index (κ1) is 33.3. The predicted octanol–water partition coefficient (Wildman–Crippen LogP) is 4.70. The maximum Gasteiger partial charge on any atom is 0.354 e. The van der Waals surface area contributed by atoms with Crippen molar-refractivity contribution >= 4 is 5.97 Å². The zero-order chi connectivity index (χ0) is 29.5. The molecule has 5 rings (SSSR count). The molecule has 0 amide bonds. The number of ether oxygens (including phenoxy) is 4. The van der Waals surface area contributed by atoms with E-state index in [4.69, 9.17) is 24.1 Å². The number of nitrogens with zero attached hydrogens (tertiary/aromatic N) is 5. The molecule has 0 aliphatic heterocycles. The zero-order valence-corrected chi connectivity index (χ0v) is 25.5. The number of rotatable bonds is 7. The van der Waals surface area contributed by atoms with E-state index in [1.54, 1.807) is 65.1 Å². The smallest absolute Gasteiger partial charge is 0.354 e. The molecule has 0 spiro atoms. The van der Waals surface area contributed by atoms with E-state index in [0.717, 1.165) is 22.5 Å². The second-order valence-corrected chi connectivity index (χ2v) is 7.60. The largest absolute Gasteiger partial charge is 0.524 e. The number of carboxylic acids is 1. The van der Waals surface area contributed by atoms with Gasteiger partial charge in [0.2, 0.25) is 0 Å². The average molecular weight is 746 g/mol. The maximum absolute atomic E-state index is 10.1. The predicted molar refractivity (Wildman–Crippen MR) is 150 cm³/mol. The summed E-state index contributed by atoms with van der Waals surface area (Å²) in [5.41, 5.74) is 3.08. The van der Waals surface area contributed by atoms with Gasteiger partial charge in [-0.2, -0.15) is 0 Å². The Kier molecular flexibility index (Phi) is 14.0. The van der Waals surface area contributed by atoms with Crippen LogP contribution in [0.3, 0.4) is 0 Å². The molecule has 5 aromatic heterocycles. The van der Waals surface area contributed by atoms with Gasteiger partial charge in [0.05, 0.1) is 28.4 Å². The molecule has 1 radical (unpaired) electrons. The van der Waals surface area contributed by atoms with Gasteiger partial charge in [-0.1, -0.05) is 53.6 Å². The first-order valence-electron chi connectivity index (χ1n) is 12.0. The molecule has 0 unspecified atom stereocenters. The minimum Gasteiger partial charge on any atom is -0.524 e. The summed E-state index contributed by atoms with van der Waals surface area (Å²) in [6.07, 6.45) is 4.88. The van der Waals surface area contributed by atoms with Crippen LogP contribution in [0.4, 0.5) is 0 Å². The third-order valence-corrected chi connectivity index (χ3v) is 5.06. The standard InChI is InChI=1S/2C12H11N2O2.C6H5NO2.Ir/c2*1-15-11-7-6-9(12(14-11)16-2)10-5-3-4-8-13-10;8-6(9)5-3-1-2-4-7-5;/h2*3-5,7-8H,1-2H3;1-4H,(H,8,9);/q2*-1;;. The molecule has 42 heavy (non-hydrogen) atoms. The van der Waals surface area contributed by atoms with Gasteiger partial charge in [0.15, 0.2) is 0 Å². The van der Waals surface area contributed by atoms with Crippen LogP contribution in [-0.2, 0) is 20.1 Å².